The molecule has 0 fully saturated rings. The fourth-order valence-electron chi connectivity index (χ4n) is 1.74. The number of aromatic nitrogens is 2. The third kappa shape index (κ3) is 2.05. The van der Waals surface area contributed by atoms with Gasteiger partial charge in [0.2, 0.25) is 5.28 Å². The van der Waals surface area contributed by atoms with Crippen molar-refractivity contribution in [3.63, 3.8) is 0 Å². The van der Waals surface area contributed by atoms with Crippen LogP contribution in [0.5, 0.6) is 0 Å². The van der Waals surface area contributed by atoms with E-state index in [0.717, 1.165) is 17.5 Å². The Bertz CT molecular complexity index is 571. The van der Waals surface area contributed by atoms with Crippen molar-refractivity contribution in [3.05, 3.63) is 28.8 Å². The van der Waals surface area contributed by atoms with E-state index in [2.05, 4.69) is 9.97 Å². The number of halogens is 2. The summed E-state index contributed by atoms with van der Waals surface area (Å²) >= 11 is 5.83. The summed E-state index contributed by atoms with van der Waals surface area (Å²) in [7, 11) is 1.89. The molecule has 0 bridgehead atoms. The molecule has 0 N–H and O–H groups in total. The van der Waals surface area contributed by atoms with Gasteiger partial charge in [0.05, 0.1) is 0 Å². The molecule has 2 rings (SSSR count). The molecule has 0 spiro atoms. The van der Waals surface area contributed by atoms with Crippen molar-refractivity contribution in [1.29, 1.82) is 0 Å². The average molecular weight is 254 g/mol. The van der Waals surface area contributed by atoms with Crippen LogP contribution in [0.1, 0.15) is 12.5 Å². The molecule has 0 aliphatic heterocycles. The molecule has 0 saturated heterocycles. The standard InChI is InChI=1S/C12H13ClFN3/c1-4-17(3)11-9-7(2)5-6-8(14)10(9)15-12(13)16-11/h5-6H,4H2,1-3H3. The van der Waals surface area contributed by atoms with E-state index in [-0.39, 0.29) is 16.6 Å². The lowest BCUT2D eigenvalue weighted by Crippen LogP contribution is -2.18. The molecule has 90 valence electrons. The summed E-state index contributed by atoms with van der Waals surface area (Å²) in [6.07, 6.45) is 0. The predicted octanol–water partition coefficient (Wildman–Crippen LogP) is 3.19. The van der Waals surface area contributed by atoms with Crippen LogP contribution in [0.3, 0.4) is 0 Å². The first-order valence-electron chi connectivity index (χ1n) is 5.38. The number of hydrogen-bond acceptors (Lipinski definition) is 3. The van der Waals surface area contributed by atoms with Crippen molar-refractivity contribution in [2.75, 3.05) is 18.5 Å². The maximum atomic E-state index is 13.7. The van der Waals surface area contributed by atoms with Gasteiger partial charge in [-0.2, -0.15) is 4.98 Å². The molecule has 17 heavy (non-hydrogen) atoms. The van der Waals surface area contributed by atoms with Gasteiger partial charge in [-0.25, -0.2) is 9.37 Å². The Morgan fingerprint density at radius 2 is 2.06 bits per heavy atom. The lowest BCUT2D eigenvalue weighted by Gasteiger charge is -2.18. The molecule has 5 heteroatoms. The minimum Gasteiger partial charge on any atom is -0.359 e. The molecule has 2 aromatic rings. The highest BCUT2D eigenvalue weighted by Gasteiger charge is 2.14. The first-order valence-corrected chi connectivity index (χ1v) is 5.76. The number of anilines is 1. The second-order valence-electron chi connectivity index (χ2n) is 3.92. The molecule has 1 aromatic heterocycles. The van der Waals surface area contributed by atoms with Crippen LogP contribution in [-0.2, 0) is 0 Å². The van der Waals surface area contributed by atoms with E-state index in [1.165, 1.54) is 6.07 Å². The lowest BCUT2D eigenvalue weighted by molar-refractivity contribution is 0.636. The second kappa shape index (κ2) is 4.45. The number of benzene rings is 1. The molecule has 3 nitrogen and oxygen atoms in total. The van der Waals surface area contributed by atoms with Crippen LogP contribution in [0, 0.1) is 12.7 Å². The van der Waals surface area contributed by atoms with Crippen LogP contribution in [0.4, 0.5) is 10.2 Å². The topological polar surface area (TPSA) is 29.0 Å². The fraction of sp³-hybridized carbons (Fsp3) is 0.333. The summed E-state index contributed by atoms with van der Waals surface area (Å²) in [6, 6.07) is 3.12. The van der Waals surface area contributed by atoms with E-state index in [1.807, 2.05) is 25.8 Å². The smallest absolute Gasteiger partial charge is 0.225 e. The van der Waals surface area contributed by atoms with Crippen LogP contribution < -0.4 is 4.90 Å². The third-order valence-corrected chi connectivity index (χ3v) is 2.97. The Hall–Kier alpha value is -1.42. The number of fused-ring (bicyclic) bond motifs is 1. The summed E-state index contributed by atoms with van der Waals surface area (Å²) in [4.78, 5) is 10.1. The number of nitrogens with zero attached hydrogens (tertiary/aromatic N) is 3. The van der Waals surface area contributed by atoms with Crippen molar-refractivity contribution in [1.82, 2.24) is 9.97 Å². The lowest BCUT2D eigenvalue weighted by atomic mass is 10.1. The molecule has 0 radical (unpaired) electrons. The van der Waals surface area contributed by atoms with Crippen molar-refractivity contribution >= 4 is 28.3 Å². The van der Waals surface area contributed by atoms with E-state index >= 15 is 0 Å². The maximum Gasteiger partial charge on any atom is 0.225 e. The summed E-state index contributed by atoms with van der Waals surface area (Å²) in [5.74, 6) is 0.292. The van der Waals surface area contributed by atoms with Crippen molar-refractivity contribution < 1.29 is 4.39 Å². The van der Waals surface area contributed by atoms with Gasteiger partial charge in [0.25, 0.3) is 0 Å². The van der Waals surface area contributed by atoms with Gasteiger partial charge in [0, 0.05) is 19.0 Å². The summed E-state index contributed by atoms with van der Waals surface area (Å²) in [5.41, 5.74) is 1.22. The Morgan fingerprint density at radius 3 is 2.71 bits per heavy atom. The van der Waals surface area contributed by atoms with Gasteiger partial charge in [-0.1, -0.05) is 6.07 Å². The van der Waals surface area contributed by atoms with E-state index in [4.69, 9.17) is 11.6 Å². The zero-order valence-electron chi connectivity index (χ0n) is 9.96. The number of rotatable bonds is 2. The monoisotopic (exact) mass is 253 g/mol. The molecule has 0 amide bonds. The third-order valence-electron chi connectivity index (χ3n) is 2.80. The summed E-state index contributed by atoms with van der Waals surface area (Å²) < 4.78 is 13.7. The molecule has 0 atom stereocenters. The van der Waals surface area contributed by atoms with E-state index in [1.54, 1.807) is 6.07 Å². The van der Waals surface area contributed by atoms with Crippen molar-refractivity contribution in [2.45, 2.75) is 13.8 Å². The first-order chi connectivity index (χ1) is 8.04. The van der Waals surface area contributed by atoms with Gasteiger partial charge >= 0.3 is 0 Å². The quantitative estimate of drug-likeness (QED) is 0.770. The molecule has 0 aliphatic rings. The largest absolute Gasteiger partial charge is 0.359 e. The van der Waals surface area contributed by atoms with Gasteiger partial charge in [0.1, 0.15) is 17.2 Å². The van der Waals surface area contributed by atoms with Gasteiger partial charge in [-0.15, -0.1) is 0 Å². The maximum absolute atomic E-state index is 13.7. The highest BCUT2D eigenvalue weighted by Crippen LogP contribution is 2.29. The van der Waals surface area contributed by atoms with Crippen LogP contribution in [0.15, 0.2) is 12.1 Å². The zero-order chi connectivity index (χ0) is 12.6. The second-order valence-corrected chi connectivity index (χ2v) is 4.26. The Morgan fingerprint density at radius 1 is 1.35 bits per heavy atom. The minimum absolute atomic E-state index is 0.0669. The Labute approximate surface area is 104 Å². The van der Waals surface area contributed by atoms with Crippen LogP contribution in [-0.4, -0.2) is 23.6 Å². The van der Waals surface area contributed by atoms with E-state index < -0.39 is 0 Å². The molecule has 1 heterocycles. The number of hydrogen-bond donors (Lipinski definition) is 0. The van der Waals surface area contributed by atoms with Crippen LogP contribution in [0.25, 0.3) is 10.9 Å². The molecular formula is C12H13ClFN3. The van der Waals surface area contributed by atoms with Gasteiger partial charge in [0.15, 0.2) is 0 Å². The van der Waals surface area contributed by atoms with Gasteiger partial charge < -0.3 is 4.90 Å². The predicted molar refractivity (Wildman–Crippen MR) is 68.2 cm³/mol. The van der Waals surface area contributed by atoms with E-state index in [0.29, 0.717) is 5.82 Å². The van der Waals surface area contributed by atoms with Crippen LogP contribution in [0.2, 0.25) is 5.28 Å². The average Bonchev–Trinajstić information content (AvgIpc) is 2.32. The molecule has 0 saturated carbocycles. The zero-order valence-corrected chi connectivity index (χ0v) is 10.7. The normalized spacial score (nSPS) is 10.9. The molecule has 0 aliphatic carbocycles. The Kier molecular flexibility index (Phi) is 3.15. The minimum atomic E-state index is -0.374. The fourth-order valence-corrected chi connectivity index (χ4v) is 1.91. The molecular weight excluding hydrogens is 241 g/mol. The Balaban J connectivity index is 2.87. The molecule has 1 aromatic carbocycles. The first kappa shape index (κ1) is 12.0. The highest BCUT2D eigenvalue weighted by atomic mass is 35.5. The highest BCUT2D eigenvalue weighted by molar-refractivity contribution is 6.28. The van der Waals surface area contributed by atoms with Gasteiger partial charge in [-0.3, -0.25) is 0 Å². The van der Waals surface area contributed by atoms with E-state index in [9.17, 15) is 4.39 Å². The SMILES string of the molecule is CCN(C)c1nc(Cl)nc2c(F)ccc(C)c12. The molecule has 0 unspecified atom stereocenters. The number of aryl methyl sites for hydroxylation is 1. The van der Waals surface area contributed by atoms with Crippen molar-refractivity contribution in [2.24, 2.45) is 0 Å². The van der Waals surface area contributed by atoms with Gasteiger partial charge in [-0.05, 0) is 37.1 Å². The summed E-state index contributed by atoms with van der Waals surface area (Å²) in [5, 5.41) is 0.788. The summed E-state index contributed by atoms with van der Waals surface area (Å²) in [6.45, 7) is 4.67. The van der Waals surface area contributed by atoms with Crippen LogP contribution >= 0.6 is 11.6 Å². The van der Waals surface area contributed by atoms with Crippen molar-refractivity contribution in [3.8, 4) is 0 Å².